The Hall–Kier alpha value is -3.11. The first-order chi connectivity index (χ1) is 14.2. The molecular formula is C26H31N3O. The van der Waals surface area contributed by atoms with Crippen molar-refractivity contribution < 1.29 is 5.21 Å². The van der Waals surface area contributed by atoms with Gasteiger partial charge in [-0.15, -0.1) is 0 Å². The summed E-state index contributed by atoms with van der Waals surface area (Å²) in [5, 5.41) is 19.6. The molecule has 0 saturated carbocycles. The van der Waals surface area contributed by atoms with Gasteiger partial charge in [-0.3, -0.25) is 0 Å². The minimum atomic E-state index is 0. The van der Waals surface area contributed by atoms with E-state index in [4.69, 9.17) is 0 Å². The lowest BCUT2D eigenvalue weighted by molar-refractivity contribution is 0.303. The number of fused-ring (bicyclic) bond motifs is 2. The molecule has 0 radical (unpaired) electrons. The molecule has 4 rings (SSSR count). The zero-order chi connectivity index (χ0) is 20.2. The number of pyridine rings is 1. The lowest BCUT2D eigenvalue weighted by atomic mass is 10.0. The van der Waals surface area contributed by atoms with Crippen LogP contribution < -0.4 is 10.7 Å². The summed E-state index contributed by atoms with van der Waals surface area (Å²) < 4.78 is 2.38. The van der Waals surface area contributed by atoms with Gasteiger partial charge in [-0.2, -0.15) is 0 Å². The SMILES string of the molecule is C.Cc1ccc2/c(=N/O)c3ccccc3n(CCCNCc3ccccc3)c2c1C. The maximum Gasteiger partial charge on any atom is 0.121 e. The van der Waals surface area contributed by atoms with Crippen LogP contribution >= 0.6 is 0 Å². The monoisotopic (exact) mass is 401 g/mol. The number of benzene rings is 3. The first-order valence-electron chi connectivity index (χ1n) is 10.1. The van der Waals surface area contributed by atoms with E-state index in [1.807, 2.05) is 24.3 Å². The Labute approximate surface area is 178 Å². The highest BCUT2D eigenvalue weighted by atomic mass is 16.4. The summed E-state index contributed by atoms with van der Waals surface area (Å²) in [6.45, 7) is 7.00. The summed E-state index contributed by atoms with van der Waals surface area (Å²) in [4.78, 5) is 0. The van der Waals surface area contributed by atoms with E-state index >= 15 is 0 Å². The molecule has 0 aliphatic heterocycles. The fourth-order valence-corrected chi connectivity index (χ4v) is 4.05. The van der Waals surface area contributed by atoms with E-state index in [1.165, 1.54) is 16.7 Å². The maximum atomic E-state index is 9.74. The second-order valence-electron chi connectivity index (χ2n) is 7.54. The molecule has 3 aromatic carbocycles. The van der Waals surface area contributed by atoms with Gasteiger partial charge in [0.2, 0.25) is 0 Å². The van der Waals surface area contributed by atoms with Gasteiger partial charge in [0.25, 0.3) is 0 Å². The number of para-hydroxylation sites is 1. The number of aromatic nitrogens is 1. The van der Waals surface area contributed by atoms with E-state index < -0.39 is 0 Å². The Morgan fingerprint density at radius 2 is 1.63 bits per heavy atom. The second kappa shape index (κ2) is 9.59. The van der Waals surface area contributed by atoms with Crippen LogP contribution in [0.4, 0.5) is 0 Å². The molecule has 0 bridgehead atoms. The number of hydrogen-bond acceptors (Lipinski definition) is 3. The normalized spacial score (nSPS) is 11.7. The molecule has 1 heterocycles. The molecular weight excluding hydrogens is 370 g/mol. The third-order valence-corrected chi connectivity index (χ3v) is 5.68. The number of aryl methyl sites for hydroxylation is 3. The van der Waals surface area contributed by atoms with E-state index in [0.717, 1.165) is 47.9 Å². The lowest BCUT2D eigenvalue weighted by Gasteiger charge is -2.19. The fraction of sp³-hybridized carbons (Fsp3) is 0.269. The van der Waals surface area contributed by atoms with Crippen molar-refractivity contribution in [3.63, 3.8) is 0 Å². The van der Waals surface area contributed by atoms with Crippen LogP contribution in [0.25, 0.3) is 21.8 Å². The first kappa shape index (κ1) is 21.6. The van der Waals surface area contributed by atoms with Crippen LogP contribution in [-0.2, 0) is 13.1 Å². The van der Waals surface area contributed by atoms with Crippen molar-refractivity contribution in [1.82, 2.24) is 9.88 Å². The third kappa shape index (κ3) is 4.10. The predicted octanol–water partition coefficient (Wildman–Crippen LogP) is 5.52. The average Bonchev–Trinajstić information content (AvgIpc) is 2.76. The van der Waals surface area contributed by atoms with Crippen molar-refractivity contribution in [2.45, 2.75) is 40.8 Å². The molecule has 4 nitrogen and oxygen atoms in total. The van der Waals surface area contributed by atoms with Gasteiger partial charge >= 0.3 is 0 Å². The number of hydrogen-bond donors (Lipinski definition) is 2. The topological polar surface area (TPSA) is 49.6 Å². The Kier molecular flexibility index (Phi) is 6.91. The molecule has 0 spiro atoms. The van der Waals surface area contributed by atoms with Gasteiger partial charge in [0.1, 0.15) is 5.36 Å². The third-order valence-electron chi connectivity index (χ3n) is 5.68. The summed E-state index contributed by atoms with van der Waals surface area (Å²) in [5.74, 6) is 0. The molecule has 0 amide bonds. The molecule has 0 fully saturated rings. The van der Waals surface area contributed by atoms with Crippen molar-refractivity contribution in [3.05, 3.63) is 88.8 Å². The molecule has 30 heavy (non-hydrogen) atoms. The highest BCUT2D eigenvalue weighted by molar-refractivity contribution is 5.95. The van der Waals surface area contributed by atoms with Gasteiger partial charge in [-0.25, -0.2) is 0 Å². The van der Waals surface area contributed by atoms with Crippen LogP contribution in [0.5, 0.6) is 0 Å². The molecule has 4 heteroatoms. The Bertz CT molecular complexity index is 1210. The zero-order valence-electron chi connectivity index (χ0n) is 17.0. The Morgan fingerprint density at radius 3 is 2.40 bits per heavy atom. The summed E-state index contributed by atoms with van der Waals surface area (Å²) in [6, 6.07) is 22.8. The van der Waals surface area contributed by atoms with E-state index in [0.29, 0.717) is 5.36 Å². The number of rotatable bonds is 6. The summed E-state index contributed by atoms with van der Waals surface area (Å²) in [6.07, 6.45) is 1.01. The number of nitrogens with zero attached hydrogens (tertiary/aromatic N) is 2. The van der Waals surface area contributed by atoms with Crippen molar-refractivity contribution in [1.29, 1.82) is 0 Å². The molecule has 0 atom stereocenters. The van der Waals surface area contributed by atoms with Crippen LogP contribution in [0.2, 0.25) is 0 Å². The quantitative estimate of drug-likeness (QED) is 0.193. The van der Waals surface area contributed by atoms with Crippen molar-refractivity contribution in [2.75, 3.05) is 6.54 Å². The summed E-state index contributed by atoms with van der Waals surface area (Å²) >= 11 is 0. The van der Waals surface area contributed by atoms with Crippen molar-refractivity contribution in [2.24, 2.45) is 5.16 Å². The van der Waals surface area contributed by atoms with E-state index in [9.17, 15) is 5.21 Å². The minimum Gasteiger partial charge on any atom is -0.410 e. The van der Waals surface area contributed by atoms with Crippen LogP contribution in [0, 0.1) is 13.8 Å². The fourth-order valence-electron chi connectivity index (χ4n) is 4.05. The molecule has 0 unspecified atom stereocenters. The van der Waals surface area contributed by atoms with Crippen molar-refractivity contribution >= 4 is 21.8 Å². The lowest BCUT2D eigenvalue weighted by Crippen LogP contribution is -2.19. The first-order valence-corrected chi connectivity index (χ1v) is 10.1. The van der Waals surface area contributed by atoms with Crippen LogP contribution in [0.15, 0.2) is 71.9 Å². The van der Waals surface area contributed by atoms with Crippen molar-refractivity contribution in [3.8, 4) is 0 Å². The van der Waals surface area contributed by atoms with Gasteiger partial charge in [0, 0.05) is 23.9 Å². The summed E-state index contributed by atoms with van der Waals surface area (Å²) in [5.41, 5.74) is 6.03. The Balaban J connectivity index is 0.00000256. The van der Waals surface area contributed by atoms with Gasteiger partial charge in [-0.1, -0.05) is 73.2 Å². The number of nitrogens with one attached hydrogen (secondary N) is 1. The molecule has 0 saturated heterocycles. The van der Waals surface area contributed by atoms with E-state index in [2.05, 4.69) is 71.4 Å². The van der Waals surface area contributed by atoms with Gasteiger partial charge in [-0.05, 0) is 49.6 Å². The van der Waals surface area contributed by atoms with Crippen LogP contribution in [0.1, 0.15) is 30.5 Å². The maximum absolute atomic E-state index is 9.74. The second-order valence-corrected chi connectivity index (χ2v) is 7.54. The molecule has 4 aromatic rings. The predicted molar refractivity (Wildman–Crippen MR) is 126 cm³/mol. The highest BCUT2D eigenvalue weighted by Crippen LogP contribution is 2.24. The summed E-state index contributed by atoms with van der Waals surface area (Å²) in [7, 11) is 0. The zero-order valence-corrected chi connectivity index (χ0v) is 17.0. The van der Waals surface area contributed by atoms with Crippen LogP contribution in [-0.4, -0.2) is 16.3 Å². The molecule has 0 aliphatic rings. The van der Waals surface area contributed by atoms with E-state index in [-0.39, 0.29) is 7.43 Å². The smallest absolute Gasteiger partial charge is 0.121 e. The van der Waals surface area contributed by atoms with Gasteiger partial charge in [0.15, 0.2) is 0 Å². The molecule has 156 valence electrons. The molecule has 1 aromatic heterocycles. The highest BCUT2D eigenvalue weighted by Gasteiger charge is 2.12. The largest absolute Gasteiger partial charge is 0.410 e. The molecule has 2 N–H and O–H groups in total. The van der Waals surface area contributed by atoms with Gasteiger partial charge < -0.3 is 15.1 Å². The standard InChI is InChI=1S/C25H27N3O.CH4/c1-18-13-14-22-24(27-29)21-11-6-7-12-23(21)28(25(22)19(18)2)16-8-15-26-17-20-9-4-3-5-10-20;/h3-7,9-14,26,29H,8,15-17H2,1-2H3;1H4/b27-24+;. The Morgan fingerprint density at radius 1 is 0.900 bits per heavy atom. The van der Waals surface area contributed by atoms with Crippen LogP contribution in [0.3, 0.4) is 0 Å². The average molecular weight is 402 g/mol. The minimum absolute atomic E-state index is 0. The van der Waals surface area contributed by atoms with Gasteiger partial charge in [0.05, 0.1) is 11.0 Å². The molecule has 0 aliphatic carbocycles. The van der Waals surface area contributed by atoms with E-state index in [1.54, 1.807) is 0 Å².